The maximum atomic E-state index is 9.12. The summed E-state index contributed by atoms with van der Waals surface area (Å²) in [5, 5.41) is 10.1. The van der Waals surface area contributed by atoms with Gasteiger partial charge in [0.15, 0.2) is 0 Å². The number of rotatable bonds is 3. The van der Waals surface area contributed by atoms with Crippen molar-refractivity contribution in [3.63, 3.8) is 0 Å². The van der Waals surface area contributed by atoms with Crippen molar-refractivity contribution in [1.82, 2.24) is 4.98 Å². The Kier molecular flexibility index (Phi) is 3.73. The van der Waals surface area contributed by atoms with Crippen molar-refractivity contribution in [1.29, 1.82) is 0 Å². The molecule has 1 heterocycles. The summed E-state index contributed by atoms with van der Waals surface area (Å²) in [4.78, 5) is 4.34. The van der Waals surface area contributed by atoms with Crippen molar-refractivity contribution in [2.24, 2.45) is 0 Å². The van der Waals surface area contributed by atoms with Crippen LogP contribution in [0.15, 0.2) is 18.2 Å². The van der Waals surface area contributed by atoms with Gasteiger partial charge < -0.3 is 9.53 Å². The lowest BCUT2D eigenvalue weighted by atomic mass is 10.2. The van der Waals surface area contributed by atoms with Gasteiger partial charge >= 0.3 is 0 Å². The van der Waals surface area contributed by atoms with E-state index in [-0.39, 0.29) is 11.6 Å². The predicted molar refractivity (Wildman–Crippen MR) is 83.4 cm³/mol. The fourth-order valence-corrected chi connectivity index (χ4v) is 3.41. The number of aromatic nitrogens is 1. The average molecular weight is 295 g/mol. The molecule has 0 saturated carbocycles. The normalized spacial score (nSPS) is 12.9. The molecule has 1 aromatic carbocycles. The number of hydrogen-bond acceptors (Lipinski definition) is 4. The Hall–Kier alpha value is -0.913. The molecule has 1 aromatic heterocycles. The van der Waals surface area contributed by atoms with E-state index in [1.165, 1.54) is 11.3 Å². The minimum Gasteiger partial charge on any atom is -0.543 e. The molecule has 2 rings (SSSR count). The first kappa shape index (κ1) is 14.5. The van der Waals surface area contributed by atoms with Crippen LogP contribution >= 0.6 is 11.3 Å². The molecule has 0 aliphatic rings. The van der Waals surface area contributed by atoms with Crippen LogP contribution in [0, 0.1) is 0 Å². The average Bonchev–Trinajstić information content (AvgIpc) is 2.69. The fraction of sp³-hybridized carbons (Fsp3) is 0.500. The van der Waals surface area contributed by atoms with Gasteiger partial charge in [0.05, 0.1) is 16.8 Å². The summed E-state index contributed by atoms with van der Waals surface area (Å²) in [6, 6.07) is 5.98. The summed E-state index contributed by atoms with van der Waals surface area (Å²) in [6.45, 7) is 11.2. The largest absolute Gasteiger partial charge is 0.543 e. The number of aliphatic hydroxyl groups is 1. The first-order valence-corrected chi connectivity index (χ1v) is 10.1. The van der Waals surface area contributed by atoms with Gasteiger partial charge in [0.25, 0.3) is 0 Å². The molecular weight excluding hydrogens is 274 g/mol. The lowest BCUT2D eigenvalue weighted by Crippen LogP contribution is -2.43. The van der Waals surface area contributed by atoms with Crippen LogP contribution in [0.3, 0.4) is 0 Å². The van der Waals surface area contributed by atoms with E-state index in [9.17, 15) is 0 Å². The lowest BCUT2D eigenvalue weighted by molar-refractivity contribution is 0.281. The third-order valence-corrected chi connectivity index (χ3v) is 9.08. The maximum Gasteiger partial charge on any atom is 0.250 e. The number of thiazole rings is 1. The molecule has 0 unspecified atom stereocenters. The van der Waals surface area contributed by atoms with E-state index in [4.69, 9.17) is 9.53 Å². The molecule has 0 aliphatic carbocycles. The highest BCUT2D eigenvalue weighted by Gasteiger charge is 2.38. The van der Waals surface area contributed by atoms with Crippen LogP contribution in [0.2, 0.25) is 18.1 Å². The van der Waals surface area contributed by atoms with E-state index in [0.29, 0.717) is 0 Å². The molecule has 0 amide bonds. The molecule has 0 spiro atoms. The summed E-state index contributed by atoms with van der Waals surface area (Å²) in [7, 11) is -1.80. The number of nitrogens with zero attached hydrogens (tertiary/aromatic N) is 1. The minimum atomic E-state index is -1.80. The highest BCUT2D eigenvalue weighted by Crippen LogP contribution is 2.38. The summed E-state index contributed by atoms with van der Waals surface area (Å²) in [5.41, 5.74) is 0.927. The van der Waals surface area contributed by atoms with Gasteiger partial charge in [-0.1, -0.05) is 20.8 Å². The maximum absolute atomic E-state index is 9.12. The zero-order valence-electron chi connectivity index (χ0n) is 12.2. The molecular formula is C14H21NO2SSi. The number of fused-ring (bicyclic) bond motifs is 1. The third kappa shape index (κ3) is 2.99. The Morgan fingerprint density at radius 2 is 2.00 bits per heavy atom. The van der Waals surface area contributed by atoms with Gasteiger partial charge in [0.1, 0.15) is 10.8 Å². The Bertz CT molecular complexity index is 587. The van der Waals surface area contributed by atoms with Crippen LogP contribution in [0.1, 0.15) is 25.8 Å². The zero-order chi connectivity index (χ0) is 14.3. The second-order valence-corrected chi connectivity index (χ2v) is 12.1. The van der Waals surface area contributed by atoms with Gasteiger partial charge in [-0.3, -0.25) is 0 Å². The van der Waals surface area contributed by atoms with Crippen molar-refractivity contribution < 1.29 is 9.53 Å². The van der Waals surface area contributed by atoms with Crippen LogP contribution in [-0.2, 0) is 6.61 Å². The highest BCUT2D eigenvalue weighted by molar-refractivity contribution is 7.18. The Morgan fingerprint density at radius 1 is 1.32 bits per heavy atom. The fourth-order valence-electron chi connectivity index (χ4n) is 1.53. The molecule has 5 heteroatoms. The van der Waals surface area contributed by atoms with Crippen LogP contribution in [0.4, 0.5) is 0 Å². The number of hydrogen-bond donors (Lipinski definition) is 1. The second-order valence-electron chi connectivity index (χ2n) is 6.26. The van der Waals surface area contributed by atoms with E-state index in [1.807, 2.05) is 18.2 Å². The molecule has 0 radical (unpaired) electrons. The quantitative estimate of drug-likeness (QED) is 0.864. The SMILES string of the molecule is CC(C)(C)[Si](C)(C)Oc1ccc2nc(CO)sc2c1. The third-order valence-electron chi connectivity index (χ3n) is 3.72. The first-order valence-electron chi connectivity index (χ1n) is 6.42. The molecule has 104 valence electrons. The van der Waals surface area contributed by atoms with Gasteiger partial charge in [0, 0.05) is 0 Å². The second kappa shape index (κ2) is 4.88. The molecule has 19 heavy (non-hydrogen) atoms. The molecule has 0 fully saturated rings. The molecule has 0 atom stereocenters. The van der Waals surface area contributed by atoms with Gasteiger partial charge in [-0.2, -0.15) is 0 Å². The minimum absolute atomic E-state index is 0.00221. The van der Waals surface area contributed by atoms with Crippen LogP contribution in [0.25, 0.3) is 10.2 Å². The molecule has 3 nitrogen and oxygen atoms in total. The molecule has 0 saturated heterocycles. The van der Waals surface area contributed by atoms with Crippen molar-refractivity contribution in [2.45, 2.75) is 45.5 Å². The summed E-state index contributed by atoms with van der Waals surface area (Å²) < 4.78 is 7.34. The summed E-state index contributed by atoms with van der Waals surface area (Å²) in [6.07, 6.45) is 0. The Balaban J connectivity index is 2.31. The summed E-state index contributed by atoms with van der Waals surface area (Å²) in [5.74, 6) is 0.909. The van der Waals surface area contributed by atoms with Crippen molar-refractivity contribution in [3.8, 4) is 5.75 Å². The monoisotopic (exact) mass is 295 g/mol. The molecule has 0 bridgehead atoms. The van der Waals surface area contributed by atoms with Gasteiger partial charge in [-0.15, -0.1) is 11.3 Å². The topological polar surface area (TPSA) is 42.4 Å². The molecule has 0 aliphatic heterocycles. The predicted octanol–water partition coefficient (Wildman–Crippen LogP) is 4.17. The summed E-state index contributed by atoms with van der Waals surface area (Å²) >= 11 is 1.52. The standard InChI is InChI=1S/C14H21NO2SSi/c1-14(2,3)19(4,5)17-10-6-7-11-12(8-10)18-13(9-16)15-11/h6-8,16H,9H2,1-5H3. The van der Waals surface area contributed by atoms with Crippen molar-refractivity contribution in [2.75, 3.05) is 0 Å². The van der Waals surface area contributed by atoms with Gasteiger partial charge in [0.2, 0.25) is 8.32 Å². The molecule has 1 N–H and O–H groups in total. The van der Waals surface area contributed by atoms with E-state index < -0.39 is 8.32 Å². The zero-order valence-corrected chi connectivity index (χ0v) is 14.0. The number of benzene rings is 1. The van der Waals surface area contributed by atoms with Crippen LogP contribution in [0.5, 0.6) is 5.75 Å². The van der Waals surface area contributed by atoms with Gasteiger partial charge in [-0.25, -0.2) is 4.98 Å². The van der Waals surface area contributed by atoms with E-state index in [0.717, 1.165) is 21.0 Å². The van der Waals surface area contributed by atoms with E-state index in [2.05, 4.69) is 38.8 Å². The van der Waals surface area contributed by atoms with E-state index in [1.54, 1.807) is 0 Å². The molecule has 2 aromatic rings. The van der Waals surface area contributed by atoms with Crippen LogP contribution < -0.4 is 4.43 Å². The van der Waals surface area contributed by atoms with E-state index >= 15 is 0 Å². The smallest absolute Gasteiger partial charge is 0.250 e. The highest BCUT2D eigenvalue weighted by atomic mass is 32.1. The van der Waals surface area contributed by atoms with Crippen molar-refractivity contribution >= 4 is 29.9 Å². The van der Waals surface area contributed by atoms with Crippen molar-refractivity contribution in [3.05, 3.63) is 23.2 Å². The number of aliphatic hydroxyl groups excluding tert-OH is 1. The van der Waals surface area contributed by atoms with Gasteiger partial charge in [-0.05, 0) is 36.3 Å². The Labute approximate surface area is 119 Å². The lowest BCUT2D eigenvalue weighted by Gasteiger charge is -2.36. The van der Waals surface area contributed by atoms with Crippen LogP contribution in [-0.4, -0.2) is 18.4 Å². The first-order chi connectivity index (χ1) is 8.73. The Morgan fingerprint density at radius 3 is 2.58 bits per heavy atom.